The Balaban J connectivity index is 4.30. The lowest BCUT2D eigenvalue weighted by Crippen LogP contribution is -2.36. The van der Waals surface area contributed by atoms with E-state index in [1.54, 1.807) is 7.05 Å². The second kappa shape index (κ2) is 3.90. The summed E-state index contributed by atoms with van der Waals surface area (Å²) in [6.45, 7) is 8.04. The zero-order valence-corrected chi connectivity index (χ0v) is 8.84. The van der Waals surface area contributed by atoms with Gasteiger partial charge in [-0.2, -0.15) is 0 Å². The van der Waals surface area contributed by atoms with E-state index in [1.807, 2.05) is 27.7 Å². The third kappa shape index (κ3) is 2.81. The maximum atomic E-state index is 11.5. The molecule has 0 bridgehead atoms. The maximum Gasteiger partial charge on any atom is 0.249 e. The smallest absolute Gasteiger partial charge is 0.249 e. The molecule has 3 heteroatoms. The van der Waals surface area contributed by atoms with Crippen LogP contribution in [0, 0.1) is 11.3 Å². The quantitative estimate of drug-likeness (QED) is 0.595. The largest absolute Gasteiger partial charge is 0.275 e. The highest BCUT2D eigenvalue weighted by Crippen LogP contribution is 2.26. The van der Waals surface area contributed by atoms with Gasteiger partial charge in [0.25, 0.3) is 0 Å². The minimum atomic E-state index is -0.0255. The molecule has 0 aromatic carbocycles. The third-order valence-corrected chi connectivity index (χ3v) is 2.25. The van der Waals surface area contributed by atoms with E-state index < -0.39 is 0 Å². The maximum absolute atomic E-state index is 11.5. The molecule has 0 saturated heterocycles. The average molecular weight is 173 g/mol. The molecule has 0 aliphatic heterocycles. The van der Waals surface area contributed by atoms with Crippen LogP contribution in [0.4, 0.5) is 0 Å². The van der Waals surface area contributed by atoms with Crippen LogP contribution in [-0.4, -0.2) is 25.1 Å². The Kier molecular flexibility index (Phi) is 3.71. The molecule has 0 rings (SSSR count). The van der Waals surface area contributed by atoms with Gasteiger partial charge in [-0.3, -0.25) is 9.63 Å². The fourth-order valence-electron chi connectivity index (χ4n) is 0.733. The summed E-state index contributed by atoms with van der Waals surface area (Å²) in [5.74, 6) is -0.00699. The van der Waals surface area contributed by atoms with E-state index in [1.165, 1.54) is 12.2 Å². The number of rotatable bonds is 2. The first-order valence-electron chi connectivity index (χ1n) is 4.12. The topological polar surface area (TPSA) is 29.5 Å². The van der Waals surface area contributed by atoms with Gasteiger partial charge in [-0.15, -0.1) is 0 Å². The second-order valence-electron chi connectivity index (χ2n) is 4.11. The van der Waals surface area contributed by atoms with Crippen LogP contribution in [0.1, 0.15) is 27.7 Å². The van der Waals surface area contributed by atoms with Crippen molar-refractivity contribution in [2.45, 2.75) is 27.7 Å². The van der Waals surface area contributed by atoms with Crippen molar-refractivity contribution < 1.29 is 9.63 Å². The molecule has 0 aliphatic carbocycles. The zero-order chi connectivity index (χ0) is 9.94. The minimum Gasteiger partial charge on any atom is -0.275 e. The molecule has 0 spiro atoms. The van der Waals surface area contributed by atoms with Crippen LogP contribution in [0.2, 0.25) is 0 Å². The van der Waals surface area contributed by atoms with Crippen LogP contribution < -0.4 is 0 Å². The highest BCUT2D eigenvalue weighted by Gasteiger charge is 2.29. The molecule has 12 heavy (non-hydrogen) atoms. The molecule has 0 radical (unpaired) electrons. The summed E-state index contributed by atoms with van der Waals surface area (Å²) in [6, 6.07) is 0. The first kappa shape index (κ1) is 11.4. The van der Waals surface area contributed by atoms with Crippen molar-refractivity contribution in [1.82, 2.24) is 5.06 Å². The van der Waals surface area contributed by atoms with Gasteiger partial charge in [0.1, 0.15) is 0 Å². The summed E-state index contributed by atoms with van der Waals surface area (Å²) >= 11 is 0. The number of carbonyl (C=O) groups excluding carboxylic acids is 1. The number of hydrogen-bond donors (Lipinski definition) is 0. The Morgan fingerprint density at radius 3 is 2.08 bits per heavy atom. The van der Waals surface area contributed by atoms with Gasteiger partial charge in [0.05, 0.1) is 7.11 Å². The van der Waals surface area contributed by atoms with E-state index in [-0.39, 0.29) is 17.2 Å². The van der Waals surface area contributed by atoms with E-state index in [0.29, 0.717) is 0 Å². The third-order valence-electron chi connectivity index (χ3n) is 2.25. The summed E-state index contributed by atoms with van der Waals surface area (Å²) in [5, 5.41) is 1.27. The van der Waals surface area contributed by atoms with Gasteiger partial charge in [-0.25, -0.2) is 5.06 Å². The van der Waals surface area contributed by atoms with Gasteiger partial charge in [-0.05, 0) is 5.41 Å². The molecule has 0 saturated carbocycles. The summed E-state index contributed by atoms with van der Waals surface area (Å²) in [6.07, 6.45) is 0. The predicted octanol–water partition coefficient (Wildman–Crippen LogP) is 1.69. The van der Waals surface area contributed by atoms with Gasteiger partial charge < -0.3 is 0 Å². The molecule has 1 amide bonds. The summed E-state index contributed by atoms with van der Waals surface area (Å²) in [5.41, 5.74) is -0.0100. The number of hydroxylamine groups is 2. The second-order valence-corrected chi connectivity index (χ2v) is 4.11. The van der Waals surface area contributed by atoms with Gasteiger partial charge in [0.15, 0.2) is 0 Å². The zero-order valence-electron chi connectivity index (χ0n) is 8.84. The molecule has 3 nitrogen and oxygen atoms in total. The molecule has 72 valence electrons. The van der Waals surface area contributed by atoms with Crippen LogP contribution in [0.3, 0.4) is 0 Å². The Morgan fingerprint density at radius 1 is 1.42 bits per heavy atom. The molecule has 0 unspecified atom stereocenters. The van der Waals surface area contributed by atoms with Crippen molar-refractivity contribution in [2.75, 3.05) is 14.2 Å². The van der Waals surface area contributed by atoms with Crippen LogP contribution >= 0.6 is 0 Å². The molecule has 0 fully saturated rings. The summed E-state index contributed by atoms with van der Waals surface area (Å²) in [4.78, 5) is 16.3. The van der Waals surface area contributed by atoms with Crippen molar-refractivity contribution in [2.24, 2.45) is 11.3 Å². The Labute approximate surface area is 74.6 Å². The van der Waals surface area contributed by atoms with Crippen molar-refractivity contribution >= 4 is 5.91 Å². The number of nitrogens with zero attached hydrogens (tertiary/aromatic N) is 1. The molecular weight excluding hydrogens is 154 g/mol. The first-order chi connectivity index (χ1) is 5.30. The molecule has 0 aromatic rings. The normalized spacial score (nSPS) is 14.2. The fourth-order valence-corrected chi connectivity index (χ4v) is 0.733. The summed E-state index contributed by atoms with van der Waals surface area (Å²) < 4.78 is 0. The standard InChI is InChI=1S/C9H19NO2/c1-7(9(2,3)4)8(11)10(5)12-6/h7H,1-6H3/t7-/m1/s1. The lowest BCUT2D eigenvalue weighted by Gasteiger charge is -2.28. The van der Waals surface area contributed by atoms with E-state index in [0.717, 1.165) is 0 Å². The van der Waals surface area contributed by atoms with Crippen molar-refractivity contribution in [3.05, 3.63) is 0 Å². The molecule has 0 aromatic heterocycles. The Bertz CT molecular complexity index is 160. The Hall–Kier alpha value is -0.570. The fraction of sp³-hybridized carbons (Fsp3) is 0.889. The predicted molar refractivity (Wildman–Crippen MR) is 48.4 cm³/mol. The van der Waals surface area contributed by atoms with E-state index in [4.69, 9.17) is 4.84 Å². The molecule has 0 heterocycles. The number of amides is 1. The van der Waals surface area contributed by atoms with Gasteiger partial charge in [0, 0.05) is 13.0 Å². The Morgan fingerprint density at radius 2 is 1.83 bits per heavy atom. The van der Waals surface area contributed by atoms with Crippen LogP contribution in [-0.2, 0) is 9.63 Å². The lowest BCUT2D eigenvalue weighted by molar-refractivity contribution is -0.176. The van der Waals surface area contributed by atoms with Gasteiger partial charge in [0.2, 0.25) is 5.91 Å². The van der Waals surface area contributed by atoms with E-state index in [2.05, 4.69) is 0 Å². The number of hydrogen-bond acceptors (Lipinski definition) is 2. The molecule has 1 atom stereocenters. The van der Waals surface area contributed by atoms with Crippen molar-refractivity contribution in [3.63, 3.8) is 0 Å². The van der Waals surface area contributed by atoms with E-state index in [9.17, 15) is 4.79 Å². The van der Waals surface area contributed by atoms with Gasteiger partial charge in [-0.1, -0.05) is 27.7 Å². The highest BCUT2D eigenvalue weighted by atomic mass is 16.7. The lowest BCUT2D eigenvalue weighted by atomic mass is 9.81. The average Bonchev–Trinajstić information content (AvgIpc) is 1.98. The molecular formula is C9H19NO2. The van der Waals surface area contributed by atoms with Crippen LogP contribution in [0.15, 0.2) is 0 Å². The molecule has 0 N–H and O–H groups in total. The van der Waals surface area contributed by atoms with Gasteiger partial charge >= 0.3 is 0 Å². The van der Waals surface area contributed by atoms with Crippen LogP contribution in [0.5, 0.6) is 0 Å². The highest BCUT2D eigenvalue weighted by molar-refractivity contribution is 5.77. The minimum absolute atomic E-state index is 0.0100. The monoisotopic (exact) mass is 173 g/mol. The summed E-state index contributed by atoms with van der Waals surface area (Å²) in [7, 11) is 3.12. The van der Waals surface area contributed by atoms with Crippen LogP contribution in [0.25, 0.3) is 0 Å². The molecule has 0 aliphatic rings. The first-order valence-corrected chi connectivity index (χ1v) is 4.12. The number of carbonyl (C=O) groups is 1. The SMILES string of the molecule is CON(C)C(=O)[C@@H](C)C(C)(C)C. The van der Waals surface area contributed by atoms with Crippen molar-refractivity contribution in [3.8, 4) is 0 Å². The van der Waals surface area contributed by atoms with Crippen molar-refractivity contribution in [1.29, 1.82) is 0 Å². The van der Waals surface area contributed by atoms with E-state index >= 15 is 0 Å².